The van der Waals surface area contributed by atoms with Crippen molar-refractivity contribution in [2.45, 2.75) is 106 Å². The smallest absolute Gasteiger partial charge is 0.246 e. The molecule has 2 heterocycles. The number of amides is 11. The van der Waals surface area contributed by atoms with Crippen molar-refractivity contribution in [3.63, 3.8) is 0 Å². The molecule has 2 aliphatic rings. The number of benzene rings is 2. The number of phenolic OH excluding ortho intramolecular Hbond substituents is 1. The van der Waals surface area contributed by atoms with Crippen molar-refractivity contribution < 1.29 is 57.8 Å². The molecule has 18 N–H and O–H groups in total. The average molecular weight is 1040 g/mol. The number of carbonyl (C=O) groups is 11. The summed E-state index contributed by atoms with van der Waals surface area (Å²) < 4.78 is 0. The highest BCUT2D eigenvalue weighted by Crippen LogP contribution is 2.26. The van der Waals surface area contributed by atoms with Crippen molar-refractivity contribution in [1.29, 1.82) is 0 Å². The monoisotopic (exact) mass is 1040 g/mol. The minimum atomic E-state index is -1.78. The molecule has 27 heteroatoms. The molecule has 2 fully saturated rings. The quantitative estimate of drug-likeness (QED) is 0.0624. The lowest BCUT2D eigenvalue weighted by molar-refractivity contribution is -0.142. The van der Waals surface area contributed by atoms with E-state index in [1.807, 2.05) is 0 Å². The van der Waals surface area contributed by atoms with Crippen molar-refractivity contribution >= 4 is 86.6 Å². The number of nitrogens with two attached hydrogens (primary N) is 5. The van der Waals surface area contributed by atoms with Crippen molar-refractivity contribution in [2.75, 3.05) is 31.1 Å². The van der Waals surface area contributed by atoms with Gasteiger partial charge in [0.2, 0.25) is 65.0 Å². The number of aromatic hydroxyl groups is 1. The van der Waals surface area contributed by atoms with E-state index in [9.17, 15) is 57.8 Å². The molecular weight excluding hydrogens is 979 g/mol. The number of hydrogen-bond donors (Lipinski definition) is 13. The number of likely N-dealkylation sites (tertiary alicyclic amines) is 1. The molecule has 25 nitrogen and oxygen atoms in total. The van der Waals surface area contributed by atoms with Crippen LogP contribution in [0.3, 0.4) is 0 Å². The summed E-state index contributed by atoms with van der Waals surface area (Å²) >= 11 is 0. The fraction of sp³-hybridized carbons (Fsp3) is 0.489. The molecule has 2 aromatic carbocycles. The standard InChI is InChI=1S/C45H63N13O12S2/c46-16-4-8-28(39(64)51-21-37(50)62)53-44(69)34-9-5-17-58(34)45(70)33-23-72-71-22-27(47)38(63)54-30(19-25-10-12-26(59)13-11-25)42(67)55-31(18-24-6-2-1-3-7-24)41(66)52-29(14-15-35(48)60)40(65)56-32(20-36(49)61)43(68)57-33/h1-3,6-7,10-13,27-34,59H,4-5,8-9,14-23,46-47H2,(H2,48,60)(H2,49,61)(H2,50,62)(H,51,64)(H,52,66)(H,53,69)(H,54,63)(H,55,67)(H,56,65)(H,57,68)/t27-,28-,29-,30?,31?,32?,33-,34-/m0/s1. The highest BCUT2D eigenvalue weighted by Gasteiger charge is 2.40. The summed E-state index contributed by atoms with van der Waals surface area (Å²) in [7, 11) is 2.02. The van der Waals surface area contributed by atoms with Crippen LogP contribution in [0.15, 0.2) is 54.6 Å². The lowest BCUT2D eigenvalue weighted by Gasteiger charge is -2.31. The summed E-state index contributed by atoms with van der Waals surface area (Å²) in [5, 5.41) is 27.6. The van der Waals surface area contributed by atoms with Gasteiger partial charge < -0.3 is 75.9 Å². The first-order valence-electron chi connectivity index (χ1n) is 23.0. The minimum Gasteiger partial charge on any atom is -0.508 e. The summed E-state index contributed by atoms with van der Waals surface area (Å²) in [6.07, 6.45) is -1.10. The predicted octanol–water partition coefficient (Wildman–Crippen LogP) is -4.72. The third-order valence-electron chi connectivity index (χ3n) is 11.4. The second-order valence-corrected chi connectivity index (χ2v) is 19.6. The first-order valence-corrected chi connectivity index (χ1v) is 25.5. The Morgan fingerprint density at radius 3 is 1.89 bits per heavy atom. The van der Waals surface area contributed by atoms with Crippen molar-refractivity contribution in [3.8, 4) is 5.75 Å². The fourth-order valence-corrected chi connectivity index (χ4v) is 9.90. The van der Waals surface area contributed by atoms with Crippen LogP contribution in [-0.2, 0) is 65.6 Å². The third kappa shape index (κ3) is 18.7. The van der Waals surface area contributed by atoms with Crippen LogP contribution in [0.4, 0.5) is 0 Å². The van der Waals surface area contributed by atoms with Crippen LogP contribution < -0.4 is 65.9 Å². The Morgan fingerprint density at radius 1 is 0.708 bits per heavy atom. The Balaban J connectivity index is 1.71. The predicted molar refractivity (Wildman–Crippen MR) is 264 cm³/mol. The number of primary amides is 3. The summed E-state index contributed by atoms with van der Waals surface area (Å²) in [4.78, 5) is 149. The SMILES string of the molecule is NCCC[C@H](NC(=O)[C@@H]1CCCN1C(=O)[C@@H]1CSSC[C@H](N)C(=O)NC(Cc2ccc(O)cc2)C(=O)NC(Cc2ccccc2)C(=O)N[C@@H](CCC(N)=O)C(=O)NC(CC(N)=O)C(=O)N1)C(=O)NCC(N)=O. The molecule has 0 radical (unpaired) electrons. The third-order valence-corrected chi connectivity index (χ3v) is 13.8. The average Bonchev–Trinajstić information content (AvgIpc) is 3.84. The number of nitrogens with zero attached hydrogens (tertiary/aromatic N) is 1. The highest BCUT2D eigenvalue weighted by atomic mass is 33.1. The molecule has 4 rings (SSSR count). The molecule has 2 aromatic rings. The van der Waals surface area contributed by atoms with E-state index in [0.717, 1.165) is 21.6 Å². The largest absolute Gasteiger partial charge is 0.508 e. The van der Waals surface area contributed by atoms with Crippen LogP contribution in [0.25, 0.3) is 0 Å². The maximum absolute atomic E-state index is 14.5. The van der Waals surface area contributed by atoms with Gasteiger partial charge in [0, 0.05) is 37.3 Å². The molecule has 2 aliphatic heterocycles. The van der Waals surface area contributed by atoms with Crippen LogP contribution in [-0.4, -0.2) is 154 Å². The van der Waals surface area contributed by atoms with Gasteiger partial charge in [0.1, 0.15) is 48.0 Å². The minimum absolute atomic E-state index is 0.0281. The Morgan fingerprint density at radius 2 is 1.28 bits per heavy atom. The van der Waals surface area contributed by atoms with Crippen LogP contribution >= 0.6 is 21.6 Å². The molecule has 0 bridgehead atoms. The van der Waals surface area contributed by atoms with Crippen LogP contribution in [0.1, 0.15) is 56.1 Å². The van der Waals surface area contributed by atoms with Crippen LogP contribution in [0.5, 0.6) is 5.75 Å². The first kappa shape index (κ1) is 57.6. The molecule has 72 heavy (non-hydrogen) atoms. The zero-order valence-electron chi connectivity index (χ0n) is 39.3. The summed E-state index contributed by atoms with van der Waals surface area (Å²) in [5.74, 6) is -10.1. The van der Waals surface area contributed by atoms with E-state index in [1.165, 1.54) is 29.2 Å². The van der Waals surface area contributed by atoms with Gasteiger partial charge in [0.15, 0.2) is 0 Å². The van der Waals surface area contributed by atoms with Gasteiger partial charge in [-0.05, 0) is 61.9 Å². The highest BCUT2D eigenvalue weighted by molar-refractivity contribution is 8.76. The van der Waals surface area contributed by atoms with Gasteiger partial charge in [0.25, 0.3) is 0 Å². The van der Waals surface area contributed by atoms with Gasteiger partial charge in [-0.15, -0.1) is 0 Å². The molecule has 8 atom stereocenters. The summed E-state index contributed by atoms with van der Waals surface area (Å²) in [6, 6.07) is 3.04. The topological polar surface area (TPSA) is 426 Å². The zero-order chi connectivity index (χ0) is 52.9. The van der Waals surface area contributed by atoms with Gasteiger partial charge in [-0.25, -0.2) is 0 Å². The van der Waals surface area contributed by atoms with Crippen molar-refractivity contribution in [2.24, 2.45) is 28.7 Å². The molecule has 11 amide bonds. The van der Waals surface area contributed by atoms with E-state index < -0.39 is 139 Å². The van der Waals surface area contributed by atoms with E-state index in [2.05, 4.69) is 37.2 Å². The van der Waals surface area contributed by atoms with Gasteiger partial charge in [-0.1, -0.05) is 64.1 Å². The number of rotatable bonds is 18. The number of phenols is 1. The van der Waals surface area contributed by atoms with E-state index >= 15 is 0 Å². The Bertz CT molecular complexity index is 2280. The van der Waals surface area contributed by atoms with Crippen molar-refractivity contribution in [3.05, 3.63) is 65.7 Å². The summed E-state index contributed by atoms with van der Waals surface area (Å²) in [5.41, 5.74) is 29.2. The fourth-order valence-electron chi connectivity index (χ4n) is 7.62. The Labute approximate surface area is 422 Å². The first-order chi connectivity index (χ1) is 34.3. The molecule has 0 saturated carbocycles. The second kappa shape index (κ2) is 28.8. The lowest BCUT2D eigenvalue weighted by Crippen LogP contribution is -2.61. The molecule has 2 saturated heterocycles. The molecule has 3 unspecified atom stereocenters. The van der Waals surface area contributed by atoms with Gasteiger partial charge in [0.05, 0.1) is 19.0 Å². The molecule has 392 valence electrons. The Hall–Kier alpha value is -6.97. The molecule has 0 aromatic heterocycles. The zero-order valence-corrected chi connectivity index (χ0v) is 40.9. The van der Waals surface area contributed by atoms with Gasteiger partial charge >= 0.3 is 0 Å². The van der Waals surface area contributed by atoms with Gasteiger partial charge in [-0.2, -0.15) is 0 Å². The number of nitrogens with one attached hydrogen (secondary N) is 7. The maximum atomic E-state index is 14.5. The summed E-state index contributed by atoms with van der Waals surface area (Å²) in [6.45, 7) is -0.299. The second-order valence-electron chi connectivity index (χ2n) is 17.1. The van der Waals surface area contributed by atoms with E-state index in [0.29, 0.717) is 24.0 Å². The molecule has 0 spiro atoms. The Kier molecular flexibility index (Phi) is 23.0. The normalized spacial score (nSPS) is 23.2. The number of hydrogen-bond acceptors (Lipinski definition) is 16. The van der Waals surface area contributed by atoms with E-state index in [4.69, 9.17) is 28.7 Å². The lowest BCUT2D eigenvalue weighted by atomic mass is 10.0. The van der Waals surface area contributed by atoms with Crippen LogP contribution in [0, 0.1) is 0 Å². The number of carbonyl (C=O) groups excluding carboxylic acids is 11. The van der Waals surface area contributed by atoms with E-state index in [1.54, 1.807) is 30.3 Å². The van der Waals surface area contributed by atoms with Gasteiger partial charge in [-0.3, -0.25) is 52.7 Å². The maximum Gasteiger partial charge on any atom is 0.246 e. The van der Waals surface area contributed by atoms with E-state index in [-0.39, 0.29) is 56.0 Å². The molecular formula is C45H63N13O12S2. The van der Waals surface area contributed by atoms with Crippen LogP contribution in [0.2, 0.25) is 0 Å². The molecule has 0 aliphatic carbocycles. The van der Waals surface area contributed by atoms with Crippen molar-refractivity contribution in [1.82, 2.24) is 42.1 Å².